The van der Waals surface area contributed by atoms with Gasteiger partial charge in [-0.1, -0.05) is 0 Å². The van der Waals surface area contributed by atoms with Crippen LogP contribution in [-0.2, 0) is 12.1 Å². The molecule has 1 saturated heterocycles. The molecule has 0 saturated carbocycles. The maximum Gasteiger partial charge on any atom is 0.456 e. The highest BCUT2D eigenvalue weighted by Gasteiger charge is 2.49. The highest BCUT2D eigenvalue weighted by molar-refractivity contribution is 5.99. The van der Waals surface area contributed by atoms with Crippen molar-refractivity contribution in [1.29, 1.82) is 0 Å². The van der Waals surface area contributed by atoms with Crippen LogP contribution < -0.4 is 10.1 Å². The Labute approximate surface area is 190 Å². The number of rotatable bonds is 3. The summed E-state index contributed by atoms with van der Waals surface area (Å²) in [5.41, 5.74) is 0.639. The summed E-state index contributed by atoms with van der Waals surface area (Å²) < 4.78 is 46.2. The van der Waals surface area contributed by atoms with E-state index < -0.39 is 23.0 Å². The number of carbonyl (C=O) groups excluding carboxylic acids is 2. The zero-order valence-corrected chi connectivity index (χ0v) is 19.2. The first-order valence-corrected chi connectivity index (χ1v) is 10.9. The minimum atomic E-state index is -4.93. The van der Waals surface area contributed by atoms with Crippen molar-refractivity contribution in [2.45, 2.75) is 57.4 Å². The lowest BCUT2D eigenvalue weighted by atomic mass is 9.79. The van der Waals surface area contributed by atoms with Crippen LogP contribution in [0.3, 0.4) is 0 Å². The fourth-order valence-corrected chi connectivity index (χ4v) is 5.21. The fraction of sp³-hybridized carbons (Fsp3) is 0.500. The average Bonchev–Trinajstić information content (AvgIpc) is 3.15. The van der Waals surface area contributed by atoms with Crippen molar-refractivity contribution in [1.82, 2.24) is 14.8 Å². The van der Waals surface area contributed by atoms with Crippen molar-refractivity contribution < 1.29 is 27.5 Å². The van der Waals surface area contributed by atoms with Crippen LogP contribution in [0.1, 0.15) is 58.8 Å². The number of halogens is 3. The van der Waals surface area contributed by atoms with Crippen LogP contribution in [0.5, 0.6) is 5.75 Å². The summed E-state index contributed by atoms with van der Waals surface area (Å²) in [5, 5.41) is 3.61. The number of likely N-dealkylation sites (tertiary alicyclic amines) is 1. The molecule has 6 nitrogen and oxygen atoms in total. The van der Waals surface area contributed by atoms with Gasteiger partial charge in [-0.05, 0) is 69.5 Å². The normalized spacial score (nSPS) is 19.3. The molecule has 4 rings (SSSR count). The van der Waals surface area contributed by atoms with Crippen LogP contribution in [-0.4, -0.2) is 53.1 Å². The third-order valence-corrected chi connectivity index (χ3v) is 6.64. The van der Waals surface area contributed by atoms with Crippen molar-refractivity contribution in [3.05, 3.63) is 52.8 Å². The van der Waals surface area contributed by atoms with Gasteiger partial charge >= 0.3 is 6.18 Å². The lowest BCUT2D eigenvalue weighted by Gasteiger charge is -2.51. The number of ketones is 1. The number of ether oxygens (including phenoxy) is 1. The summed E-state index contributed by atoms with van der Waals surface area (Å²) in [6.45, 7) is 6.85. The predicted octanol–water partition coefficient (Wildman–Crippen LogP) is 4.06. The number of carbonyl (C=O) groups is 2. The Hall–Kier alpha value is -2.81. The molecule has 1 fully saturated rings. The van der Waals surface area contributed by atoms with E-state index in [-0.39, 0.29) is 18.1 Å². The Kier molecular flexibility index (Phi) is 5.59. The highest BCUT2D eigenvalue weighted by Crippen LogP contribution is 2.41. The molecule has 178 valence electrons. The predicted molar refractivity (Wildman–Crippen MR) is 117 cm³/mol. The molecule has 0 atom stereocenters. The SMILES string of the molecule is COc1ccc(C(=O)N2CCC3(CC2)NC(C)(C)Cn2c(C(=O)C(F)(F)F)ccc23)cc1C. The standard InChI is InChI=1S/C24H28F3N3O3/c1-15-13-16(5-7-18(15)33-4)21(32)29-11-9-23(10-12-29)19-8-6-17(20(31)24(25,26)27)30(19)14-22(2,3)28-23/h5-8,13,28H,9-12,14H2,1-4H3. The molecule has 0 unspecified atom stereocenters. The molecular weight excluding hydrogens is 435 g/mol. The fourth-order valence-electron chi connectivity index (χ4n) is 5.21. The minimum Gasteiger partial charge on any atom is -0.496 e. The first-order valence-electron chi connectivity index (χ1n) is 10.9. The molecular formula is C24H28F3N3O3. The molecule has 0 bridgehead atoms. The van der Waals surface area contributed by atoms with Crippen LogP contribution in [0.25, 0.3) is 0 Å². The Morgan fingerprint density at radius 3 is 2.33 bits per heavy atom. The first-order chi connectivity index (χ1) is 15.4. The third kappa shape index (κ3) is 4.14. The Bertz CT molecular complexity index is 1100. The number of piperidine rings is 1. The third-order valence-electron chi connectivity index (χ3n) is 6.64. The van der Waals surface area contributed by atoms with E-state index in [0.717, 1.165) is 5.56 Å². The van der Waals surface area contributed by atoms with Crippen molar-refractivity contribution >= 4 is 11.7 Å². The smallest absolute Gasteiger partial charge is 0.456 e. The number of Topliss-reactive ketones (excluding diaryl/α,β-unsaturated/α-hetero) is 1. The first kappa shape index (κ1) is 23.4. The largest absolute Gasteiger partial charge is 0.496 e. The minimum absolute atomic E-state index is 0.0889. The zero-order valence-electron chi connectivity index (χ0n) is 19.2. The molecule has 1 N–H and O–H groups in total. The van der Waals surface area contributed by atoms with Gasteiger partial charge in [0.25, 0.3) is 11.7 Å². The van der Waals surface area contributed by atoms with E-state index in [4.69, 9.17) is 4.74 Å². The van der Waals surface area contributed by atoms with Crippen LogP contribution >= 0.6 is 0 Å². The quantitative estimate of drug-likeness (QED) is 0.698. The van der Waals surface area contributed by atoms with Gasteiger partial charge in [0.2, 0.25) is 0 Å². The molecule has 9 heteroatoms. The average molecular weight is 464 g/mol. The van der Waals surface area contributed by atoms with Crippen molar-refractivity contribution in [3.63, 3.8) is 0 Å². The van der Waals surface area contributed by atoms with Gasteiger partial charge < -0.3 is 14.2 Å². The van der Waals surface area contributed by atoms with Crippen LogP contribution in [0.2, 0.25) is 0 Å². The van der Waals surface area contributed by atoms with Crippen molar-refractivity contribution in [3.8, 4) is 5.75 Å². The molecule has 33 heavy (non-hydrogen) atoms. The molecule has 2 aromatic rings. The summed E-state index contributed by atoms with van der Waals surface area (Å²) in [4.78, 5) is 26.9. The maximum absolute atomic E-state index is 13.2. The lowest BCUT2D eigenvalue weighted by Crippen LogP contribution is -2.63. The number of nitrogens with one attached hydrogen (secondary N) is 1. The van der Waals surface area contributed by atoms with E-state index in [0.29, 0.717) is 42.9 Å². The summed E-state index contributed by atoms with van der Waals surface area (Å²) >= 11 is 0. The molecule has 2 aliphatic heterocycles. The van der Waals surface area contributed by atoms with Crippen molar-refractivity contribution in [2.24, 2.45) is 0 Å². The number of amides is 1. The van der Waals surface area contributed by atoms with Gasteiger partial charge in [-0.3, -0.25) is 14.9 Å². The summed E-state index contributed by atoms with van der Waals surface area (Å²) in [5.74, 6) is -1.21. The molecule has 3 heterocycles. The second kappa shape index (κ2) is 7.90. The van der Waals surface area contributed by atoms with Crippen LogP contribution in [0.4, 0.5) is 13.2 Å². The number of benzene rings is 1. The number of methoxy groups -OCH3 is 1. The topological polar surface area (TPSA) is 63.6 Å². The summed E-state index contributed by atoms with van der Waals surface area (Å²) in [7, 11) is 1.58. The van der Waals surface area contributed by atoms with Gasteiger partial charge in [0.1, 0.15) is 5.75 Å². The summed E-state index contributed by atoms with van der Waals surface area (Å²) in [6, 6.07) is 8.19. The van der Waals surface area contributed by atoms with Gasteiger partial charge in [-0.2, -0.15) is 13.2 Å². The lowest BCUT2D eigenvalue weighted by molar-refractivity contribution is -0.0892. The molecule has 1 aromatic heterocycles. The van der Waals surface area contributed by atoms with E-state index >= 15 is 0 Å². The molecule has 0 aliphatic carbocycles. The zero-order chi connectivity index (χ0) is 24.2. The molecule has 0 radical (unpaired) electrons. The van der Waals surface area contributed by atoms with E-state index in [1.54, 1.807) is 36.3 Å². The number of aryl methyl sites for hydroxylation is 1. The molecule has 1 amide bonds. The Morgan fingerprint density at radius 1 is 1.09 bits per heavy atom. The van der Waals surface area contributed by atoms with Crippen LogP contribution in [0.15, 0.2) is 30.3 Å². The van der Waals surface area contributed by atoms with Crippen LogP contribution in [0, 0.1) is 6.92 Å². The Morgan fingerprint density at radius 2 is 1.76 bits per heavy atom. The van der Waals surface area contributed by atoms with E-state index in [2.05, 4.69) is 5.32 Å². The molecule has 1 spiro atoms. The maximum atomic E-state index is 13.2. The highest BCUT2D eigenvalue weighted by atomic mass is 19.4. The van der Waals surface area contributed by atoms with Gasteiger partial charge in [-0.25, -0.2) is 0 Å². The molecule has 2 aliphatic rings. The second-order valence-corrected chi connectivity index (χ2v) is 9.58. The van der Waals surface area contributed by atoms with E-state index in [1.807, 2.05) is 20.8 Å². The van der Waals surface area contributed by atoms with Gasteiger partial charge in [0, 0.05) is 36.4 Å². The van der Waals surface area contributed by atoms with Gasteiger partial charge in [-0.15, -0.1) is 0 Å². The number of aromatic nitrogens is 1. The Balaban J connectivity index is 1.59. The monoisotopic (exact) mass is 463 g/mol. The number of hydrogen-bond donors (Lipinski definition) is 1. The molecule has 1 aromatic carbocycles. The number of nitrogens with zero attached hydrogens (tertiary/aromatic N) is 2. The van der Waals surface area contributed by atoms with Gasteiger partial charge in [0.05, 0.1) is 18.3 Å². The number of hydrogen-bond acceptors (Lipinski definition) is 4. The van der Waals surface area contributed by atoms with Gasteiger partial charge in [0.15, 0.2) is 0 Å². The van der Waals surface area contributed by atoms with E-state index in [1.165, 1.54) is 10.6 Å². The second-order valence-electron chi connectivity index (χ2n) is 9.58. The van der Waals surface area contributed by atoms with E-state index in [9.17, 15) is 22.8 Å². The number of fused-ring (bicyclic) bond motifs is 2. The number of alkyl halides is 3. The summed E-state index contributed by atoms with van der Waals surface area (Å²) in [6.07, 6.45) is -3.87. The van der Waals surface area contributed by atoms with Crippen molar-refractivity contribution in [2.75, 3.05) is 20.2 Å².